The summed E-state index contributed by atoms with van der Waals surface area (Å²) in [6.45, 7) is 4.48. The molecule has 120 valence electrons. The molecule has 2 heterocycles. The van der Waals surface area contributed by atoms with Crippen LogP contribution in [0.1, 0.15) is 28.1 Å². The Morgan fingerprint density at radius 3 is 2.54 bits per heavy atom. The first-order chi connectivity index (χ1) is 11.6. The molecule has 0 saturated carbocycles. The number of halogens is 2. The molecule has 1 aliphatic heterocycles. The first-order valence-corrected chi connectivity index (χ1v) is 7.83. The summed E-state index contributed by atoms with van der Waals surface area (Å²) in [5.74, 6) is -0.714. The Labute approximate surface area is 139 Å². The summed E-state index contributed by atoms with van der Waals surface area (Å²) >= 11 is 0. The third-order valence-electron chi connectivity index (χ3n) is 4.47. The fourth-order valence-electron chi connectivity index (χ4n) is 3.40. The van der Waals surface area contributed by atoms with E-state index in [2.05, 4.69) is 15.6 Å². The van der Waals surface area contributed by atoms with Crippen LogP contribution < -0.4 is 0 Å². The van der Waals surface area contributed by atoms with Crippen molar-refractivity contribution in [1.82, 2.24) is 4.57 Å². The number of hydrogen-bond acceptors (Lipinski definition) is 1. The van der Waals surface area contributed by atoms with Gasteiger partial charge in [-0.25, -0.2) is 8.78 Å². The standard InChI is InChI=1S/C20H16F2N2/c1-12-9-13(2)24-18-8-7-14(21)10-16(18)20(23-11-19(12)24)15-5-3-4-6-17(15)22/h3-10H,11H2,1-2H3. The molecule has 2 nitrogen and oxygen atoms in total. The van der Waals surface area contributed by atoms with E-state index in [1.807, 2.05) is 13.8 Å². The molecule has 0 saturated heterocycles. The molecule has 0 radical (unpaired) electrons. The number of aliphatic imine (C=N–C) groups is 1. The largest absolute Gasteiger partial charge is 0.315 e. The van der Waals surface area contributed by atoms with Gasteiger partial charge in [0.15, 0.2) is 0 Å². The minimum atomic E-state index is -0.359. The summed E-state index contributed by atoms with van der Waals surface area (Å²) in [5, 5.41) is 0. The second-order valence-corrected chi connectivity index (χ2v) is 6.06. The molecule has 0 N–H and O–H groups in total. The molecule has 3 aromatic rings. The van der Waals surface area contributed by atoms with Gasteiger partial charge in [0, 0.05) is 22.5 Å². The summed E-state index contributed by atoms with van der Waals surface area (Å²) in [5.41, 5.74) is 5.55. The van der Waals surface area contributed by atoms with Crippen LogP contribution in [0, 0.1) is 25.5 Å². The average Bonchev–Trinajstić information content (AvgIpc) is 2.74. The van der Waals surface area contributed by atoms with Crippen molar-refractivity contribution in [2.45, 2.75) is 20.4 Å². The fourth-order valence-corrected chi connectivity index (χ4v) is 3.40. The zero-order valence-electron chi connectivity index (χ0n) is 13.5. The smallest absolute Gasteiger partial charge is 0.132 e. The van der Waals surface area contributed by atoms with Crippen LogP contribution in [0.5, 0.6) is 0 Å². The van der Waals surface area contributed by atoms with Crippen molar-refractivity contribution in [3.63, 3.8) is 0 Å². The predicted octanol–water partition coefficient (Wildman–Crippen LogP) is 4.72. The molecule has 0 fully saturated rings. The van der Waals surface area contributed by atoms with Crippen molar-refractivity contribution in [2.24, 2.45) is 4.99 Å². The highest BCUT2D eigenvalue weighted by Crippen LogP contribution is 2.30. The quantitative estimate of drug-likeness (QED) is 0.617. The van der Waals surface area contributed by atoms with Gasteiger partial charge in [0.2, 0.25) is 0 Å². The molecule has 0 spiro atoms. The maximum Gasteiger partial charge on any atom is 0.132 e. The SMILES string of the molecule is Cc1cc(C)n2c1CN=C(c1ccccc1F)c1cc(F)ccc1-2. The van der Waals surface area contributed by atoms with E-state index in [4.69, 9.17) is 0 Å². The van der Waals surface area contributed by atoms with Crippen LogP contribution in [0.25, 0.3) is 5.69 Å². The molecular weight excluding hydrogens is 306 g/mol. The monoisotopic (exact) mass is 322 g/mol. The second kappa shape index (κ2) is 5.41. The maximum atomic E-state index is 14.3. The van der Waals surface area contributed by atoms with Gasteiger partial charge in [-0.1, -0.05) is 12.1 Å². The van der Waals surface area contributed by atoms with Crippen molar-refractivity contribution in [1.29, 1.82) is 0 Å². The van der Waals surface area contributed by atoms with Crippen LogP contribution in [0.2, 0.25) is 0 Å². The first-order valence-electron chi connectivity index (χ1n) is 7.83. The van der Waals surface area contributed by atoms with E-state index < -0.39 is 0 Å². The summed E-state index contributed by atoms with van der Waals surface area (Å²) in [6, 6.07) is 13.2. The van der Waals surface area contributed by atoms with E-state index in [0.717, 1.165) is 22.6 Å². The lowest BCUT2D eigenvalue weighted by molar-refractivity contribution is 0.623. The number of nitrogens with zero attached hydrogens (tertiary/aromatic N) is 2. The molecule has 0 bridgehead atoms. The summed E-state index contributed by atoms with van der Waals surface area (Å²) in [7, 11) is 0. The summed E-state index contributed by atoms with van der Waals surface area (Å²) in [4.78, 5) is 4.64. The summed E-state index contributed by atoms with van der Waals surface area (Å²) < 4.78 is 30.4. The van der Waals surface area contributed by atoms with Gasteiger partial charge < -0.3 is 4.57 Å². The predicted molar refractivity (Wildman–Crippen MR) is 90.9 cm³/mol. The van der Waals surface area contributed by atoms with Gasteiger partial charge in [0.1, 0.15) is 11.6 Å². The number of rotatable bonds is 1. The highest BCUT2D eigenvalue weighted by molar-refractivity contribution is 6.15. The molecule has 0 amide bonds. The maximum absolute atomic E-state index is 14.3. The van der Waals surface area contributed by atoms with Gasteiger partial charge >= 0.3 is 0 Å². The molecule has 0 atom stereocenters. The number of benzene rings is 2. The Hall–Kier alpha value is -2.75. The molecule has 24 heavy (non-hydrogen) atoms. The lowest BCUT2D eigenvalue weighted by atomic mass is 9.99. The van der Waals surface area contributed by atoms with Crippen LogP contribution in [-0.4, -0.2) is 10.3 Å². The number of hydrogen-bond donors (Lipinski definition) is 0. The highest BCUT2D eigenvalue weighted by Gasteiger charge is 2.23. The normalized spacial score (nSPS) is 13.1. The molecule has 0 unspecified atom stereocenters. The van der Waals surface area contributed by atoms with Crippen molar-refractivity contribution in [3.05, 3.63) is 88.2 Å². The minimum absolute atomic E-state index is 0.355. The van der Waals surface area contributed by atoms with Crippen LogP contribution in [0.3, 0.4) is 0 Å². The van der Waals surface area contributed by atoms with Crippen LogP contribution in [0.4, 0.5) is 8.78 Å². The highest BCUT2D eigenvalue weighted by atomic mass is 19.1. The van der Waals surface area contributed by atoms with E-state index in [0.29, 0.717) is 23.4 Å². The molecule has 0 aliphatic carbocycles. The third kappa shape index (κ3) is 2.18. The Balaban J connectivity index is 2.05. The zero-order valence-corrected chi connectivity index (χ0v) is 13.5. The molecule has 1 aromatic heterocycles. The fraction of sp³-hybridized carbons (Fsp3) is 0.150. The van der Waals surface area contributed by atoms with Crippen LogP contribution in [0.15, 0.2) is 53.5 Å². The van der Waals surface area contributed by atoms with Gasteiger partial charge in [-0.2, -0.15) is 0 Å². The Morgan fingerprint density at radius 1 is 0.958 bits per heavy atom. The number of aryl methyl sites for hydroxylation is 2. The molecule has 4 rings (SSSR count). The number of aromatic nitrogens is 1. The minimum Gasteiger partial charge on any atom is -0.315 e. The lowest BCUT2D eigenvalue weighted by Crippen LogP contribution is -2.10. The van der Waals surface area contributed by atoms with Gasteiger partial charge in [-0.3, -0.25) is 4.99 Å². The second-order valence-electron chi connectivity index (χ2n) is 6.06. The van der Waals surface area contributed by atoms with Gasteiger partial charge in [-0.05, 0) is 55.8 Å². The van der Waals surface area contributed by atoms with Crippen LogP contribution in [-0.2, 0) is 6.54 Å². The van der Waals surface area contributed by atoms with E-state index in [1.54, 1.807) is 24.3 Å². The van der Waals surface area contributed by atoms with Crippen molar-refractivity contribution < 1.29 is 8.78 Å². The third-order valence-corrected chi connectivity index (χ3v) is 4.47. The first kappa shape index (κ1) is 14.8. The van der Waals surface area contributed by atoms with Gasteiger partial charge in [-0.15, -0.1) is 0 Å². The Morgan fingerprint density at radius 2 is 1.75 bits per heavy atom. The van der Waals surface area contributed by atoms with Crippen LogP contribution >= 0.6 is 0 Å². The Bertz CT molecular complexity index is 983. The van der Waals surface area contributed by atoms with E-state index in [-0.39, 0.29) is 11.6 Å². The zero-order chi connectivity index (χ0) is 16.8. The van der Waals surface area contributed by atoms with Crippen molar-refractivity contribution >= 4 is 5.71 Å². The molecule has 4 heteroatoms. The average molecular weight is 322 g/mol. The molecular formula is C20H16F2N2. The van der Waals surface area contributed by atoms with Crippen molar-refractivity contribution in [2.75, 3.05) is 0 Å². The molecule has 1 aliphatic rings. The Kier molecular flexibility index (Phi) is 3.34. The topological polar surface area (TPSA) is 17.3 Å². The molecule has 2 aromatic carbocycles. The van der Waals surface area contributed by atoms with Gasteiger partial charge in [0.05, 0.1) is 17.9 Å². The van der Waals surface area contributed by atoms with E-state index in [9.17, 15) is 8.78 Å². The number of fused-ring (bicyclic) bond motifs is 3. The van der Waals surface area contributed by atoms with E-state index >= 15 is 0 Å². The van der Waals surface area contributed by atoms with E-state index in [1.165, 1.54) is 18.2 Å². The van der Waals surface area contributed by atoms with Crippen molar-refractivity contribution in [3.8, 4) is 5.69 Å². The lowest BCUT2D eigenvalue weighted by Gasteiger charge is -2.14. The summed E-state index contributed by atoms with van der Waals surface area (Å²) in [6.07, 6.45) is 0. The van der Waals surface area contributed by atoms with Gasteiger partial charge in [0.25, 0.3) is 0 Å².